The maximum absolute atomic E-state index is 11.9. The van der Waals surface area contributed by atoms with Crippen LogP contribution in [0.1, 0.15) is 24.3 Å². The second kappa shape index (κ2) is 6.19. The SMILES string of the molecule is COC(=O)CCNC(=O)[C@H]1C[C@H]1c1ccc(Br)cc1. The van der Waals surface area contributed by atoms with Crippen LogP contribution < -0.4 is 5.32 Å². The van der Waals surface area contributed by atoms with Crippen LogP contribution >= 0.6 is 15.9 Å². The Kier molecular flexibility index (Phi) is 4.58. The predicted molar refractivity (Wildman–Crippen MR) is 74.6 cm³/mol. The van der Waals surface area contributed by atoms with Crippen molar-refractivity contribution in [3.63, 3.8) is 0 Å². The molecule has 0 heterocycles. The largest absolute Gasteiger partial charge is 0.469 e. The maximum Gasteiger partial charge on any atom is 0.307 e. The Morgan fingerprint density at radius 2 is 2.05 bits per heavy atom. The van der Waals surface area contributed by atoms with Gasteiger partial charge in [-0.2, -0.15) is 0 Å². The number of amides is 1. The van der Waals surface area contributed by atoms with E-state index in [0.29, 0.717) is 12.5 Å². The van der Waals surface area contributed by atoms with Gasteiger partial charge in [0.2, 0.25) is 5.91 Å². The number of hydrogen-bond donors (Lipinski definition) is 1. The van der Waals surface area contributed by atoms with Crippen molar-refractivity contribution in [2.45, 2.75) is 18.8 Å². The second-order valence-electron chi connectivity index (χ2n) is 4.62. The number of carbonyl (C=O) groups is 2. The molecule has 0 spiro atoms. The molecule has 0 bridgehead atoms. The van der Waals surface area contributed by atoms with Crippen molar-refractivity contribution in [1.29, 1.82) is 0 Å². The first-order chi connectivity index (χ1) is 9.11. The van der Waals surface area contributed by atoms with E-state index in [9.17, 15) is 9.59 Å². The Balaban J connectivity index is 1.77. The lowest BCUT2D eigenvalue weighted by atomic mass is 10.1. The van der Waals surface area contributed by atoms with Gasteiger partial charge in [0, 0.05) is 16.9 Å². The van der Waals surface area contributed by atoms with Crippen molar-refractivity contribution in [3.05, 3.63) is 34.3 Å². The highest BCUT2D eigenvalue weighted by atomic mass is 79.9. The summed E-state index contributed by atoms with van der Waals surface area (Å²) in [6.45, 7) is 0.342. The normalized spacial score (nSPS) is 20.7. The molecule has 0 aliphatic heterocycles. The van der Waals surface area contributed by atoms with E-state index < -0.39 is 0 Å². The number of methoxy groups -OCH3 is 1. The van der Waals surface area contributed by atoms with Gasteiger partial charge in [-0.05, 0) is 30.0 Å². The molecule has 0 aromatic heterocycles. The van der Waals surface area contributed by atoms with Crippen LogP contribution in [0.2, 0.25) is 0 Å². The lowest BCUT2D eigenvalue weighted by Crippen LogP contribution is -2.28. The van der Waals surface area contributed by atoms with E-state index in [0.717, 1.165) is 10.9 Å². The number of rotatable bonds is 5. The van der Waals surface area contributed by atoms with Gasteiger partial charge in [-0.3, -0.25) is 9.59 Å². The minimum atomic E-state index is -0.305. The molecule has 102 valence electrons. The van der Waals surface area contributed by atoms with Gasteiger partial charge in [0.05, 0.1) is 13.5 Å². The summed E-state index contributed by atoms with van der Waals surface area (Å²) < 4.78 is 5.55. The number of nitrogens with one attached hydrogen (secondary N) is 1. The molecule has 1 amide bonds. The van der Waals surface area contributed by atoms with Gasteiger partial charge in [-0.25, -0.2) is 0 Å². The summed E-state index contributed by atoms with van der Waals surface area (Å²) in [6, 6.07) is 8.05. The van der Waals surface area contributed by atoms with Gasteiger partial charge < -0.3 is 10.1 Å². The first-order valence-electron chi connectivity index (χ1n) is 6.22. The molecular weight excluding hydrogens is 310 g/mol. The maximum atomic E-state index is 11.9. The smallest absolute Gasteiger partial charge is 0.307 e. The van der Waals surface area contributed by atoms with Gasteiger partial charge in [0.1, 0.15) is 0 Å². The van der Waals surface area contributed by atoms with Gasteiger partial charge in [0.25, 0.3) is 0 Å². The summed E-state index contributed by atoms with van der Waals surface area (Å²) in [5.41, 5.74) is 1.19. The third-order valence-corrected chi connectivity index (χ3v) is 3.81. The van der Waals surface area contributed by atoms with Gasteiger partial charge >= 0.3 is 5.97 Å². The third kappa shape index (κ3) is 3.80. The molecule has 1 saturated carbocycles. The quantitative estimate of drug-likeness (QED) is 0.844. The summed E-state index contributed by atoms with van der Waals surface area (Å²) in [6.07, 6.45) is 1.10. The van der Waals surface area contributed by atoms with Crippen LogP contribution in [0.5, 0.6) is 0 Å². The van der Waals surface area contributed by atoms with Crippen LogP contribution in [-0.4, -0.2) is 25.5 Å². The Hall–Kier alpha value is -1.36. The molecule has 1 aliphatic rings. The number of esters is 1. The van der Waals surface area contributed by atoms with E-state index in [1.54, 1.807) is 0 Å². The summed E-state index contributed by atoms with van der Waals surface area (Å²) in [5, 5.41) is 2.77. The van der Waals surface area contributed by atoms with Crippen molar-refractivity contribution in [1.82, 2.24) is 5.32 Å². The van der Waals surface area contributed by atoms with Gasteiger partial charge in [-0.15, -0.1) is 0 Å². The molecule has 4 nitrogen and oxygen atoms in total. The molecular formula is C14H16BrNO3. The average molecular weight is 326 g/mol. The Bertz CT molecular complexity index is 472. The molecule has 2 rings (SSSR count). The van der Waals surface area contributed by atoms with Crippen molar-refractivity contribution >= 4 is 27.8 Å². The molecule has 1 aromatic carbocycles. The molecule has 1 N–H and O–H groups in total. The molecule has 1 fully saturated rings. The molecule has 5 heteroatoms. The number of hydrogen-bond acceptors (Lipinski definition) is 3. The summed E-state index contributed by atoms with van der Waals surface area (Å²) in [5.74, 6) is 0.0717. The van der Waals surface area contributed by atoms with E-state index >= 15 is 0 Å². The highest BCUT2D eigenvalue weighted by Gasteiger charge is 2.43. The van der Waals surface area contributed by atoms with E-state index in [2.05, 4.69) is 26.0 Å². The molecule has 1 aliphatic carbocycles. The first kappa shape index (κ1) is 14.1. The molecule has 1 aromatic rings. The van der Waals surface area contributed by atoms with E-state index in [-0.39, 0.29) is 24.2 Å². The first-order valence-corrected chi connectivity index (χ1v) is 7.01. The topological polar surface area (TPSA) is 55.4 Å². The van der Waals surface area contributed by atoms with E-state index in [4.69, 9.17) is 0 Å². The van der Waals surface area contributed by atoms with Crippen LogP contribution in [0.15, 0.2) is 28.7 Å². The van der Waals surface area contributed by atoms with Crippen molar-refractivity contribution < 1.29 is 14.3 Å². The number of benzene rings is 1. The molecule has 0 unspecified atom stereocenters. The van der Waals surface area contributed by atoms with Crippen molar-refractivity contribution in [2.75, 3.05) is 13.7 Å². The number of halogens is 1. The number of carbonyl (C=O) groups excluding carboxylic acids is 2. The van der Waals surface area contributed by atoms with E-state index in [1.165, 1.54) is 12.7 Å². The highest BCUT2D eigenvalue weighted by Crippen LogP contribution is 2.47. The fourth-order valence-electron chi connectivity index (χ4n) is 2.08. The molecule has 0 saturated heterocycles. The summed E-state index contributed by atoms with van der Waals surface area (Å²) in [7, 11) is 1.34. The van der Waals surface area contributed by atoms with Crippen molar-refractivity contribution in [2.24, 2.45) is 5.92 Å². The fourth-order valence-corrected chi connectivity index (χ4v) is 2.35. The minimum Gasteiger partial charge on any atom is -0.469 e. The van der Waals surface area contributed by atoms with Crippen LogP contribution in [0, 0.1) is 5.92 Å². The van der Waals surface area contributed by atoms with Gasteiger partial charge in [0.15, 0.2) is 0 Å². The predicted octanol–water partition coefficient (Wildman–Crippen LogP) is 2.23. The zero-order valence-corrected chi connectivity index (χ0v) is 12.3. The fraction of sp³-hybridized carbons (Fsp3) is 0.429. The van der Waals surface area contributed by atoms with Crippen LogP contribution in [0.25, 0.3) is 0 Å². The van der Waals surface area contributed by atoms with E-state index in [1.807, 2.05) is 24.3 Å². The molecule has 19 heavy (non-hydrogen) atoms. The number of ether oxygens (including phenoxy) is 1. The Morgan fingerprint density at radius 3 is 2.68 bits per heavy atom. The van der Waals surface area contributed by atoms with Crippen LogP contribution in [0.4, 0.5) is 0 Å². The van der Waals surface area contributed by atoms with Crippen molar-refractivity contribution in [3.8, 4) is 0 Å². The lowest BCUT2D eigenvalue weighted by molar-refractivity contribution is -0.140. The van der Waals surface area contributed by atoms with Crippen LogP contribution in [0.3, 0.4) is 0 Å². The Morgan fingerprint density at radius 1 is 1.37 bits per heavy atom. The molecule has 2 atom stereocenters. The minimum absolute atomic E-state index is 0.0248. The van der Waals surface area contributed by atoms with Gasteiger partial charge in [-0.1, -0.05) is 28.1 Å². The lowest BCUT2D eigenvalue weighted by Gasteiger charge is -2.04. The highest BCUT2D eigenvalue weighted by molar-refractivity contribution is 9.10. The summed E-state index contributed by atoms with van der Waals surface area (Å²) >= 11 is 3.39. The standard InChI is InChI=1S/C14H16BrNO3/c1-19-13(17)6-7-16-14(18)12-8-11(12)9-2-4-10(15)5-3-9/h2-5,11-12H,6-8H2,1H3,(H,16,18)/t11-,12-/m0/s1. The monoisotopic (exact) mass is 325 g/mol. The third-order valence-electron chi connectivity index (χ3n) is 3.28. The van der Waals surface area contributed by atoms with Crippen LogP contribution in [-0.2, 0) is 14.3 Å². The Labute approximate surface area is 120 Å². The second-order valence-corrected chi connectivity index (χ2v) is 5.53. The zero-order chi connectivity index (χ0) is 13.8. The summed E-state index contributed by atoms with van der Waals surface area (Å²) in [4.78, 5) is 22.8. The molecule has 0 radical (unpaired) electrons. The average Bonchev–Trinajstić information content (AvgIpc) is 3.19. The zero-order valence-electron chi connectivity index (χ0n) is 10.7.